The van der Waals surface area contributed by atoms with E-state index >= 15 is 0 Å². The maximum atomic E-state index is 12.9. The van der Waals surface area contributed by atoms with Crippen molar-refractivity contribution < 1.29 is 18.4 Å². The van der Waals surface area contributed by atoms with Gasteiger partial charge in [-0.05, 0) is 42.0 Å². The van der Waals surface area contributed by atoms with Gasteiger partial charge >= 0.3 is 0 Å². The number of amides is 2. The summed E-state index contributed by atoms with van der Waals surface area (Å²) in [6, 6.07) is 11.0. The zero-order valence-corrected chi connectivity index (χ0v) is 14.7. The van der Waals surface area contributed by atoms with Gasteiger partial charge in [0.25, 0.3) is 0 Å². The van der Waals surface area contributed by atoms with E-state index in [9.17, 15) is 18.4 Å². The summed E-state index contributed by atoms with van der Waals surface area (Å²) < 4.78 is 25.7. The first-order valence-corrected chi connectivity index (χ1v) is 8.77. The highest BCUT2D eigenvalue weighted by Crippen LogP contribution is 2.23. The Bertz CT molecular complexity index is 899. The molecule has 0 bridgehead atoms. The zero-order chi connectivity index (χ0) is 19.2. The number of thioether (sulfide) groups is 1. The van der Waals surface area contributed by atoms with Crippen molar-refractivity contribution in [1.29, 1.82) is 0 Å². The fourth-order valence-corrected chi connectivity index (χ4v) is 3.12. The molecule has 27 heavy (non-hydrogen) atoms. The number of amidine groups is 1. The molecule has 6 nitrogen and oxygen atoms in total. The highest BCUT2D eigenvalue weighted by molar-refractivity contribution is 8.15. The third-order valence-electron chi connectivity index (χ3n) is 3.50. The average molecular weight is 388 g/mol. The van der Waals surface area contributed by atoms with Gasteiger partial charge in [-0.25, -0.2) is 8.78 Å². The summed E-state index contributed by atoms with van der Waals surface area (Å²) in [4.78, 5) is 24.0. The number of rotatable bonds is 5. The zero-order valence-electron chi connectivity index (χ0n) is 13.9. The van der Waals surface area contributed by atoms with Crippen LogP contribution in [0.5, 0.6) is 0 Å². The first-order valence-electron chi connectivity index (χ1n) is 7.89. The third kappa shape index (κ3) is 5.45. The Labute approximate surface area is 157 Å². The van der Waals surface area contributed by atoms with Crippen LogP contribution in [0.1, 0.15) is 12.0 Å². The van der Waals surface area contributed by atoms with Crippen molar-refractivity contribution >= 4 is 40.6 Å². The molecule has 0 aliphatic carbocycles. The fourth-order valence-electron chi connectivity index (χ4n) is 2.20. The van der Waals surface area contributed by atoms with Crippen LogP contribution in [0.3, 0.4) is 0 Å². The molecular formula is C18H14F2N4O2S. The van der Waals surface area contributed by atoms with Crippen LogP contribution in [0, 0.1) is 11.6 Å². The lowest BCUT2D eigenvalue weighted by molar-refractivity contribution is -0.122. The Kier molecular flexibility index (Phi) is 5.92. The molecule has 1 aliphatic heterocycles. The molecule has 2 aromatic carbocycles. The Morgan fingerprint density at radius 3 is 2.41 bits per heavy atom. The summed E-state index contributed by atoms with van der Waals surface area (Å²) in [5, 5.41) is 12.5. The van der Waals surface area contributed by atoms with Gasteiger partial charge in [0, 0.05) is 12.1 Å². The molecule has 1 unspecified atom stereocenters. The predicted octanol–water partition coefficient (Wildman–Crippen LogP) is 2.92. The Morgan fingerprint density at radius 2 is 1.74 bits per heavy atom. The first kappa shape index (κ1) is 18.7. The quantitative estimate of drug-likeness (QED) is 0.610. The number of nitrogens with one attached hydrogen (secondary N) is 2. The molecule has 1 saturated heterocycles. The van der Waals surface area contributed by atoms with E-state index in [-0.39, 0.29) is 29.2 Å². The van der Waals surface area contributed by atoms with Crippen molar-refractivity contribution in [3.8, 4) is 0 Å². The number of carbonyl (C=O) groups is 2. The van der Waals surface area contributed by atoms with E-state index in [0.29, 0.717) is 11.3 Å². The van der Waals surface area contributed by atoms with Gasteiger partial charge in [-0.3, -0.25) is 9.59 Å². The van der Waals surface area contributed by atoms with E-state index in [2.05, 4.69) is 20.8 Å². The van der Waals surface area contributed by atoms with E-state index in [1.54, 1.807) is 12.1 Å². The molecule has 0 spiro atoms. The second-order valence-corrected chi connectivity index (χ2v) is 6.75. The Balaban J connectivity index is 1.54. The molecule has 0 radical (unpaired) electrons. The largest absolute Gasteiger partial charge is 0.326 e. The van der Waals surface area contributed by atoms with Crippen LogP contribution in [-0.2, 0) is 9.59 Å². The molecule has 0 saturated carbocycles. The van der Waals surface area contributed by atoms with Gasteiger partial charge in [0.05, 0.1) is 6.21 Å². The van der Waals surface area contributed by atoms with Crippen LogP contribution in [0.2, 0.25) is 0 Å². The van der Waals surface area contributed by atoms with Crippen molar-refractivity contribution in [2.45, 2.75) is 11.7 Å². The highest BCUT2D eigenvalue weighted by Gasteiger charge is 2.32. The minimum absolute atomic E-state index is 0.0609. The van der Waals surface area contributed by atoms with Crippen LogP contribution in [0.15, 0.2) is 58.7 Å². The van der Waals surface area contributed by atoms with E-state index in [1.807, 2.05) is 0 Å². The summed E-state index contributed by atoms with van der Waals surface area (Å²) in [5.74, 6) is -1.46. The predicted molar refractivity (Wildman–Crippen MR) is 101 cm³/mol. The number of anilines is 1. The highest BCUT2D eigenvalue weighted by atomic mass is 32.2. The molecule has 1 heterocycles. The van der Waals surface area contributed by atoms with Crippen molar-refractivity contribution in [2.75, 3.05) is 5.32 Å². The molecule has 138 valence electrons. The maximum absolute atomic E-state index is 12.9. The molecule has 1 atom stereocenters. The van der Waals surface area contributed by atoms with E-state index in [1.165, 1.54) is 42.6 Å². The minimum atomic E-state index is -0.634. The lowest BCUT2D eigenvalue weighted by Crippen LogP contribution is -2.28. The van der Waals surface area contributed by atoms with Crippen LogP contribution < -0.4 is 10.6 Å². The SMILES string of the molecule is O=C(CC1S/C(=N/N=C/c2ccc(F)cc2)NC1=O)Nc1ccc(F)cc1. The van der Waals surface area contributed by atoms with E-state index in [0.717, 1.165) is 11.8 Å². The second-order valence-electron chi connectivity index (χ2n) is 5.56. The summed E-state index contributed by atoms with van der Waals surface area (Å²) in [7, 11) is 0. The first-order chi connectivity index (χ1) is 13.0. The Morgan fingerprint density at radius 1 is 1.11 bits per heavy atom. The van der Waals surface area contributed by atoms with Crippen LogP contribution in [0.25, 0.3) is 0 Å². The molecule has 2 amide bonds. The van der Waals surface area contributed by atoms with E-state index in [4.69, 9.17) is 0 Å². The summed E-state index contributed by atoms with van der Waals surface area (Å²) >= 11 is 1.09. The summed E-state index contributed by atoms with van der Waals surface area (Å²) in [5.41, 5.74) is 1.10. The molecule has 1 fully saturated rings. The molecule has 0 aromatic heterocycles. The van der Waals surface area contributed by atoms with E-state index < -0.39 is 11.1 Å². The molecule has 1 aliphatic rings. The van der Waals surface area contributed by atoms with Gasteiger partial charge in [-0.1, -0.05) is 23.9 Å². The fraction of sp³-hybridized carbons (Fsp3) is 0.111. The van der Waals surface area contributed by atoms with Crippen LogP contribution in [-0.4, -0.2) is 28.4 Å². The Hall–Kier alpha value is -3.07. The third-order valence-corrected chi connectivity index (χ3v) is 4.57. The molecule has 2 N–H and O–H groups in total. The van der Waals surface area contributed by atoms with Crippen molar-refractivity contribution in [3.05, 3.63) is 65.7 Å². The molecule has 9 heteroatoms. The average Bonchev–Trinajstić information content (AvgIpc) is 2.98. The van der Waals surface area contributed by atoms with Gasteiger partial charge < -0.3 is 10.6 Å². The van der Waals surface area contributed by atoms with Crippen molar-refractivity contribution in [1.82, 2.24) is 5.32 Å². The minimum Gasteiger partial charge on any atom is -0.326 e. The summed E-state index contributed by atoms with van der Waals surface area (Å²) in [6.07, 6.45) is 1.36. The van der Waals surface area contributed by atoms with Gasteiger partial charge in [0.1, 0.15) is 16.9 Å². The molecule has 3 rings (SSSR count). The van der Waals surface area contributed by atoms with Gasteiger partial charge in [0.15, 0.2) is 5.17 Å². The lowest BCUT2D eigenvalue weighted by Gasteiger charge is -2.07. The number of carbonyl (C=O) groups excluding carboxylic acids is 2. The van der Waals surface area contributed by atoms with Gasteiger partial charge in [0.2, 0.25) is 11.8 Å². The number of hydrogen-bond donors (Lipinski definition) is 2. The van der Waals surface area contributed by atoms with Gasteiger partial charge in [-0.2, -0.15) is 5.10 Å². The smallest absolute Gasteiger partial charge is 0.240 e. The monoisotopic (exact) mass is 388 g/mol. The van der Waals surface area contributed by atoms with Crippen LogP contribution in [0.4, 0.5) is 14.5 Å². The molecule has 2 aromatic rings. The lowest BCUT2D eigenvalue weighted by atomic mass is 10.2. The number of hydrogen-bond acceptors (Lipinski definition) is 5. The van der Waals surface area contributed by atoms with Crippen molar-refractivity contribution in [2.24, 2.45) is 10.2 Å². The van der Waals surface area contributed by atoms with Gasteiger partial charge in [-0.15, -0.1) is 5.10 Å². The summed E-state index contributed by atoms with van der Waals surface area (Å²) in [6.45, 7) is 0. The topological polar surface area (TPSA) is 82.9 Å². The van der Waals surface area contributed by atoms with Crippen LogP contribution >= 0.6 is 11.8 Å². The van der Waals surface area contributed by atoms with Crippen molar-refractivity contribution in [3.63, 3.8) is 0 Å². The number of nitrogens with zero attached hydrogens (tertiary/aromatic N) is 2. The number of benzene rings is 2. The molecular weight excluding hydrogens is 374 g/mol. The standard InChI is InChI=1S/C18H14F2N4O2S/c19-12-3-1-11(2-4-12)10-21-24-18-23-17(26)15(27-18)9-16(25)22-14-7-5-13(20)6-8-14/h1-8,10,15H,9H2,(H,22,25)(H,23,24,26)/b21-10+. The number of halogens is 2. The maximum Gasteiger partial charge on any atom is 0.240 e. The normalized spacial score (nSPS) is 18.1. The second kappa shape index (κ2) is 8.54.